The molecule has 0 saturated carbocycles. The highest BCUT2D eigenvalue weighted by atomic mass is 35.5. The number of aromatic hydroxyl groups is 1. The number of hydrogen-bond donors (Lipinski definition) is 2. The standard InChI is InChI=1S/C23H26ClN5O4/c24-18-2-4-20-21(6-7-25-22(20)15-18)26-19-3-5-23(30)17(14-19)16-28-11-9-27(10-12-28)8-1-13-33-29(31)32/h2-7,14-15,30H,1,8-13,16H2,(H,25,26). The van der Waals surface area contributed by atoms with Crippen molar-refractivity contribution in [1.82, 2.24) is 14.8 Å². The molecule has 2 heterocycles. The number of piperazine rings is 1. The third kappa shape index (κ3) is 6.22. The van der Waals surface area contributed by atoms with Crippen molar-refractivity contribution in [1.29, 1.82) is 0 Å². The highest BCUT2D eigenvalue weighted by molar-refractivity contribution is 6.31. The van der Waals surface area contributed by atoms with E-state index in [4.69, 9.17) is 11.6 Å². The minimum absolute atomic E-state index is 0.126. The maximum Gasteiger partial charge on any atom is 0.294 e. The Morgan fingerprint density at radius 3 is 2.70 bits per heavy atom. The molecule has 3 aromatic rings. The topological polar surface area (TPSA) is 104 Å². The number of halogens is 1. The van der Waals surface area contributed by atoms with E-state index in [0.29, 0.717) is 18.0 Å². The van der Waals surface area contributed by atoms with Crippen molar-refractivity contribution in [3.05, 3.63) is 69.4 Å². The molecule has 2 aromatic carbocycles. The zero-order valence-electron chi connectivity index (χ0n) is 18.1. The Morgan fingerprint density at radius 1 is 1.12 bits per heavy atom. The molecule has 1 aliphatic rings. The Hall–Kier alpha value is -3.14. The number of pyridine rings is 1. The number of fused-ring (bicyclic) bond motifs is 1. The van der Waals surface area contributed by atoms with Crippen molar-refractivity contribution in [2.24, 2.45) is 0 Å². The van der Waals surface area contributed by atoms with Crippen LogP contribution in [0.1, 0.15) is 12.0 Å². The molecule has 10 heteroatoms. The number of nitrogens with zero attached hydrogens (tertiary/aromatic N) is 4. The number of phenolic OH excluding ortho intramolecular Hbond substituents is 1. The van der Waals surface area contributed by atoms with Crippen molar-refractivity contribution in [3.63, 3.8) is 0 Å². The van der Waals surface area contributed by atoms with Gasteiger partial charge in [0.05, 0.1) is 12.1 Å². The van der Waals surface area contributed by atoms with Gasteiger partial charge in [0.25, 0.3) is 5.09 Å². The molecule has 2 N–H and O–H groups in total. The Labute approximate surface area is 196 Å². The van der Waals surface area contributed by atoms with Crippen molar-refractivity contribution in [2.45, 2.75) is 13.0 Å². The van der Waals surface area contributed by atoms with Crippen LogP contribution in [0.15, 0.2) is 48.7 Å². The molecular weight excluding hydrogens is 446 g/mol. The summed E-state index contributed by atoms with van der Waals surface area (Å²) in [5.74, 6) is 0.270. The van der Waals surface area contributed by atoms with Gasteiger partial charge >= 0.3 is 0 Å². The second-order valence-corrected chi connectivity index (χ2v) is 8.45. The van der Waals surface area contributed by atoms with Crippen LogP contribution in [0.5, 0.6) is 5.75 Å². The second-order valence-electron chi connectivity index (χ2n) is 8.02. The summed E-state index contributed by atoms with van der Waals surface area (Å²) in [6.07, 6.45) is 2.37. The largest absolute Gasteiger partial charge is 0.508 e. The maximum absolute atomic E-state index is 10.4. The van der Waals surface area contributed by atoms with E-state index in [9.17, 15) is 15.2 Å². The smallest absolute Gasteiger partial charge is 0.294 e. The molecule has 0 spiro atoms. The van der Waals surface area contributed by atoms with E-state index in [1.54, 1.807) is 12.3 Å². The normalized spacial score (nSPS) is 14.9. The maximum atomic E-state index is 10.4. The van der Waals surface area contributed by atoms with Gasteiger partial charge in [-0.1, -0.05) is 11.6 Å². The lowest BCUT2D eigenvalue weighted by atomic mass is 10.1. The molecular formula is C23H26ClN5O4. The minimum Gasteiger partial charge on any atom is -0.508 e. The molecule has 4 rings (SSSR count). The van der Waals surface area contributed by atoms with E-state index in [2.05, 4.69) is 24.9 Å². The molecule has 0 radical (unpaired) electrons. The summed E-state index contributed by atoms with van der Waals surface area (Å²) in [6, 6.07) is 13.1. The molecule has 33 heavy (non-hydrogen) atoms. The van der Waals surface area contributed by atoms with Gasteiger partial charge in [-0.3, -0.25) is 9.88 Å². The summed E-state index contributed by atoms with van der Waals surface area (Å²) in [6.45, 7) is 5.03. The quantitative estimate of drug-likeness (QED) is 0.208. The number of rotatable bonds is 9. The fraction of sp³-hybridized carbons (Fsp3) is 0.348. The molecule has 1 saturated heterocycles. The van der Waals surface area contributed by atoms with Gasteiger partial charge in [0.15, 0.2) is 0 Å². The number of hydrogen-bond acceptors (Lipinski definition) is 8. The van der Waals surface area contributed by atoms with Crippen molar-refractivity contribution in [3.8, 4) is 5.75 Å². The number of aromatic nitrogens is 1. The van der Waals surface area contributed by atoms with Gasteiger partial charge in [-0.05, 0) is 48.9 Å². The Kier molecular flexibility index (Phi) is 7.43. The van der Waals surface area contributed by atoms with Gasteiger partial charge < -0.3 is 20.2 Å². The van der Waals surface area contributed by atoms with Gasteiger partial charge in [0, 0.05) is 72.8 Å². The first-order chi connectivity index (χ1) is 16.0. The number of benzene rings is 2. The Bertz CT molecular complexity index is 1120. The van der Waals surface area contributed by atoms with Gasteiger partial charge in [0.1, 0.15) is 5.75 Å². The number of anilines is 2. The monoisotopic (exact) mass is 471 g/mol. The SMILES string of the molecule is O=[N+]([O-])OCCCN1CCN(Cc2cc(Nc3ccnc4cc(Cl)ccc34)ccc2O)CC1. The number of nitrogens with one attached hydrogen (secondary N) is 1. The van der Waals surface area contributed by atoms with E-state index < -0.39 is 5.09 Å². The predicted molar refractivity (Wildman–Crippen MR) is 127 cm³/mol. The van der Waals surface area contributed by atoms with Crippen LogP contribution < -0.4 is 5.32 Å². The van der Waals surface area contributed by atoms with Gasteiger partial charge in [-0.2, -0.15) is 0 Å². The van der Waals surface area contributed by atoms with E-state index in [1.165, 1.54) is 0 Å². The fourth-order valence-electron chi connectivity index (χ4n) is 4.01. The lowest BCUT2D eigenvalue weighted by Gasteiger charge is -2.34. The minimum atomic E-state index is -0.750. The predicted octanol–water partition coefficient (Wildman–Crippen LogP) is 4.05. The zero-order chi connectivity index (χ0) is 23.2. The third-order valence-electron chi connectivity index (χ3n) is 5.74. The van der Waals surface area contributed by atoms with Crippen molar-refractivity contribution < 1.29 is 15.0 Å². The first-order valence-corrected chi connectivity index (χ1v) is 11.2. The molecule has 0 unspecified atom stereocenters. The summed E-state index contributed by atoms with van der Waals surface area (Å²) in [5, 5.41) is 24.9. The van der Waals surface area contributed by atoms with E-state index in [-0.39, 0.29) is 12.4 Å². The summed E-state index contributed by atoms with van der Waals surface area (Å²) >= 11 is 6.09. The Balaban J connectivity index is 1.35. The molecule has 0 amide bonds. The summed E-state index contributed by atoms with van der Waals surface area (Å²) < 4.78 is 0. The molecule has 9 nitrogen and oxygen atoms in total. The van der Waals surface area contributed by atoms with Crippen molar-refractivity contribution in [2.75, 3.05) is 44.6 Å². The van der Waals surface area contributed by atoms with E-state index in [0.717, 1.165) is 60.6 Å². The second kappa shape index (κ2) is 10.7. The van der Waals surface area contributed by atoms with E-state index in [1.807, 2.05) is 36.4 Å². The lowest BCUT2D eigenvalue weighted by molar-refractivity contribution is -0.757. The first kappa shape index (κ1) is 23.0. The molecule has 1 fully saturated rings. The lowest BCUT2D eigenvalue weighted by Crippen LogP contribution is -2.46. The fourth-order valence-corrected chi connectivity index (χ4v) is 4.18. The Morgan fingerprint density at radius 2 is 1.91 bits per heavy atom. The van der Waals surface area contributed by atoms with Gasteiger partial charge in [0.2, 0.25) is 0 Å². The molecule has 174 valence electrons. The van der Waals surface area contributed by atoms with E-state index >= 15 is 0 Å². The average molecular weight is 472 g/mol. The van der Waals surface area contributed by atoms with Crippen LogP contribution in [-0.4, -0.2) is 64.3 Å². The van der Waals surface area contributed by atoms with Crippen molar-refractivity contribution >= 4 is 33.9 Å². The molecule has 0 bridgehead atoms. The summed E-state index contributed by atoms with van der Waals surface area (Å²) in [5.41, 5.74) is 3.47. The molecule has 1 aromatic heterocycles. The van der Waals surface area contributed by atoms with Gasteiger partial charge in [-0.25, -0.2) is 0 Å². The van der Waals surface area contributed by atoms with Crippen LogP contribution in [0.4, 0.5) is 11.4 Å². The molecule has 0 atom stereocenters. The highest BCUT2D eigenvalue weighted by Crippen LogP contribution is 2.30. The van der Waals surface area contributed by atoms with Crippen LogP contribution in [0.2, 0.25) is 5.02 Å². The summed E-state index contributed by atoms with van der Waals surface area (Å²) in [7, 11) is 0. The van der Waals surface area contributed by atoms with Crippen LogP contribution >= 0.6 is 11.6 Å². The van der Waals surface area contributed by atoms with Gasteiger partial charge in [-0.15, -0.1) is 10.1 Å². The van der Waals surface area contributed by atoms with Crippen LogP contribution in [0.3, 0.4) is 0 Å². The average Bonchev–Trinajstić information content (AvgIpc) is 2.80. The van der Waals surface area contributed by atoms with Crippen LogP contribution in [0, 0.1) is 10.1 Å². The first-order valence-electron chi connectivity index (χ1n) is 10.8. The number of phenols is 1. The van der Waals surface area contributed by atoms with Crippen LogP contribution in [0.25, 0.3) is 10.9 Å². The highest BCUT2D eigenvalue weighted by Gasteiger charge is 2.18. The molecule has 0 aliphatic carbocycles. The summed E-state index contributed by atoms with van der Waals surface area (Å²) in [4.78, 5) is 23.5. The zero-order valence-corrected chi connectivity index (χ0v) is 18.9. The molecule has 1 aliphatic heterocycles. The third-order valence-corrected chi connectivity index (χ3v) is 5.97. The van der Waals surface area contributed by atoms with Crippen LogP contribution in [-0.2, 0) is 11.4 Å².